The zero-order chi connectivity index (χ0) is 20.0. The Hall–Kier alpha value is -3.17. The van der Waals surface area contributed by atoms with Gasteiger partial charge in [0, 0.05) is 24.6 Å². The van der Waals surface area contributed by atoms with E-state index in [0.717, 1.165) is 37.8 Å². The summed E-state index contributed by atoms with van der Waals surface area (Å²) in [6.07, 6.45) is 5.48. The summed E-state index contributed by atoms with van der Waals surface area (Å²) in [4.78, 5) is 18.7. The molecule has 2 fully saturated rings. The van der Waals surface area contributed by atoms with Gasteiger partial charge < -0.3 is 9.42 Å². The molecule has 1 aliphatic carbocycles. The average Bonchev–Trinajstić information content (AvgIpc) is 3.26. The molecule has 1 amide bonds. The van der Waals surface area contributed by atoms with Crippen LogP contribution in [0.4, 0.5) is 8.78 Å². The number of carbonyl (C=O) groups excluding carboxylic acids is 1. The van der Waals surface area contributed by atoms with Gasteiger partial charge in [-0.25, -0.2) is 13.5 Å². The van der Waals surface area contributed by atoms with Crippen LogP contribution in [-0.2, 0) is 0 Å². The molecule has 1 atom stereocenters. The van der Waals surface area contributed by atoms with Crippen molar-refractivity contribution >= 4 is 5.91 Å². The van der Waals surface area contributed by atoms with Gasteiger partial charge in [0.15, 0.2) is 23.2 Å². The molecule has 0 bridgehead atoms. The molecule has 0 radical (unpaired) electrons. The molecular formula is C19H18F2N6O2. The molecule has 0 N–H and O–H groups in total. The van der Waals surface area contributed by atoms with Crippen molar-refractivity contribution < 1.29 is 18.1 Å². The molecule has 2 aliphatic rings. The number of halogens is 2. The van der Waals surface area contributed by atoms with Gasteiger partial charge in [-0.2, -0.15) is 4.98 Å². The fourth-order valence-electron chi connectivity index (χ4n) is 3.57. The molecule has 0 spiro atoms. The van der Waals surface area contributed by atoms with Crippen LogP contribution < -0.4 is 0 Å². The van der Waals surface area contributed by atoms with Crippen molar-refractivity contribution in [3.8, 4) is 11.6 Å². The number of nitrogens with zero attached hydrogens (tertiary/aromatic N) is 6. The fraction of sp³-hybridized carbons (Fsp3) is 0.421. The molecule has 3 aromatic rings. The van der Waals surface area contributed by atoms with Gasteiger partial charge in [0.05, 0.1) is 12.2 Å². The average molecular weight is 400 g/mol. The molecule has 150 valence electrons. The second-order valence-electron chi connectivity index (χ2n) is 7.49. The SMILES string of the molecule is O=C(c1ccc(F)c(F)c1)N1CCCC(n2cc(-c3nc(C4CC4)no3)nn2)C1. The van der Waals surface area contributed by atoms with Crippen molar-refractivity contribution in [1.82, 2.24) is 30.0 Å². The van der Waals surface area contributed by atoms with Crippen LogP contribution in [0.25, 0.3) is 11.6 Å². The van der Waals surface area contributed by atoms with E-state index in [4.69, 9.17) is 4.52 Å². The number of carbonyl (C=O) groups is 1. The Kier molecular flexibility index (Phi) is 4.33. The summed E-state index contributed by atoms with van der Waals surface area (Å²) in [6, 6.07) is 3.12. The van der Waals surface area contributed by atoms with Crippen molar-refractivity contribution in [1.29, 1.82) is 0 Å². The summed E-state index contributed by atoms with van der Waals surface area (Å²) in [5.41, 5.74) is 0.621. The Labute approximate surface area is 164 Å². The number of rotatable bonds is 4. The molecule has 10 heteroatoms. The molecule has 2 aromatic heterocycles. The number of piperidine rings is 1. The molecule has 1 saturated carbocycles. The minimum atomic E-state index is -1.03. The predicted octanol–water partition coefficient (Wildman–Crippen LogP) is 2.96. The molecule has 1 saturated heterocycles. The number of amides is 1. The third kappa shape index (κ3) is 3.50. The van der Waals surface area contributed by atoms with Crippen LogP contribution in [0.1, 0.15) is 53.8 Å². The van der Waals surface area contributed by atoms with Gasteiger partial charge in [-0.3, -0.25) is 4.79 Å². The largest absolute Gasteiger partial charge is 0.336 e. The topological polar surface area (TPSA) is 89.9 Å². The summed E-state index contributed by atoms with van der Waals surface area (Å²) in [5.74, 6) is -0.912. The van der Waals surface area contributed by atoms with Crippen LogP contribution in [0.2, 0.25) is 0 Å². The van der Waals surface area contributed by atoms with E-state index in [-0.39, 0.29) is 17.5 Å². The summed E-state index contributed by atoms with van der Waals surface area (Å²) in [7, 11) is 0. The molecule has 5 rings (SSSR count). The van der Waals surface area contributed by atoms with E-state index in [1.165, 1.54) is 6.07 Å². The maximum absolute atomic E-state index is 13.5. The van der Waals surface area contributed by atoms with Crippen molar-refractivity contribution in [2.24, 2.45) is 0 Å². The number of hydrogen-bond donors (Lipinski definition) is 0. The van der Waals surface area contributed by atoms with Crippen molar-refractivity contribution in [3.63, 3.8) is 0 Å². The predicted molar refractivity (Wildman–Crippen MR) is 95.8 cm³/mol. The lowest BCUT2D eigenvalue weighted by Crippen LogP contribution is -2.40. The van der Waals surface area contributed by atoms with Gasteiger partial charge in [0.25, 0.3) is 11.8 Å². The summed E-state index contributed by atoms with van der Waals surface area (Å²) >= 11 is 0. The standard InChI is InChI=1S/C19H18F2N6O2/c20-14-6-5-12(8-15(14)21)19(28)26-7-1-2-13(9-26)27-10-16(23-25-27)18-22-17(24-29-18)11-3-4-11/h5-6,8,10-11,13H,1-4,7,9H2. The highest BCUT2D eigenvalue weighted by molar-refractivity contribution is 5.94. The molecule has 8 nitrogen and oxygen atoms in total. The Morgan fingerprint density at radius 2 is 2.03 bits per heavy atom. The summed E-state index contributed by atoms with van der Waals surface area (Å²) < 4.78 is 33.6. The maximum atomic E-state index is 13.5. The number of aromatic nitrogens is 5. The molecule has 3 heterocycles. The Morgan fingerprint density at radius 1 is 1.17 bits per heavy atom. The first-order valence-electron chi connectivity index (χ1n) is 9.58. The van der Waals surface area contributed by atoms with Crippen LogP contribution in [0, 0.1) is 11.6 Å². The lowest BCUT2D eigenvalue weighted by molar-refractivity contribution is 0.0671. The monoisotopic (exact) mass is 400 g/mol. The summed E-state index contributed by atoms with van der Waals surface area (Å²) in [5, 5.41) is 12.3. The van der Waals surface area contributed by atoms with E-state index in [1.807, 2.05) is 0 Å². The lowest BCUT2D eigenvalue weighted by atomic mass is 10.0. The van der Waals surface area contributed by atoms with Crippen LogP contribution in [0.3, 0.4) is 0 Å². The van der Waals surface area contributed by atoms with Crippen molar-refractivity contribution in [3.05, 3.63) is 47.4 Å². The number of benzene rings is 1. The van der Waals surface area contributed by atoms with Gasteiger partial charge in [-0.1, -0.05) is 10.4 Å². The highest BCUT2D eigenvalue weighted by Gasteiger charge is 2.30. The molecule has 1 aromatic carbocycles. The molecule has 29 heavy (non-hydrogen) atoms. The highest BCUT2D eigenvalue weighted by Crippen LogP contribution is 2.38. The van der Waals surface area contributed by atoms with E-state index >= 15 is 0 Å². The smallest absolute Gasteiger partial charge is 0.280 e. The normalized spacial score (nSPS) is 19.5. The molecule has 1 unspecified atom stereocenters. The zero-order valence-electron chi connectivity index (χ0n) is 15.5. The second kappa shape index (κ2) is 7.02. The van der Waals surface area contributed by atoms with E-state index < -0.39 is 11.6 Å². The first kappa shape index (κ1) is 17.9. The van der Waals surface area contributed by atoms with Crippen molar-refractivity contribution in [2.45, 2.75) is 37.6 Å². The quantitative estimate of drug-likeness (QED) is 0.669. The van der Waals surface area contributed by atoms with Crippen LogP contribution >= 0.6 is 0 Å². The minimum absolute atomic E-state index is 0.0786. The molecule has 1 aliphatic heterocycles. The minimum Gasteiger partial charge on any atom is -0.336 e. The van der Waals surface area contributed by atoms with Gasteiger partial charge in [-0.05, 0) is 43.9 Å². The zero-order valence-corrected chi connectivity index (χ0v) is 15.5. The first-order chi connectivity index (χ1) is 14.1. The number of hydrogen-bond acceptors (Lipinski definition) is 6. The van der Waals surface area contributed by atoms with E-state index in [1.54, 1.807) is 15.8 Å². The third-order valence-corrected chi connectivity index (χ3v) is 5.34. The van der Waals surface area contributed by atoms with E-state index in [0.29, 0.717) is 36.4 Å². The Balaban J connectivity index is 1.30. The first-order valence-corrected chi connectivity index (χ1v) is 9.58. The van der Waals surface area contributed by atoms with Crippen LogP contribution in [0.15, 0.2) is 28.9 Å². The second-order valence-corrected chi connectivity index (χ2v) is 7.49. The Morgan fingerprint density at radius 3 is 2.83 bits per heavy atom. The maximum Gasteiger partial charge on any atom is 0.280 e. The van der Waals surface area contributed by atoms with Gasteiger partial charge in [0.2, 0.25) is 0 Å². The third-order valence-electron chi connectivity index (χ3n) is 5.34. The van der Waals surface area contributed by atoms with Crippen molar-refractivity contribution in [2.75, 3.05) is 13.1 Å². The van der Waals surface area contributed by atoms with Crippen LogP contribution in [0.5, 0.6) is 0 Å². The van der Waals surface area contributed by atoms with Gasteiger partial charge in [-0.15, -0.1) is 5.10 Å². The van der Waals surface area contributed by atoms with Gasteiger partial charge >= 0.3 is 0 Å². The molecular weight excluding hydrogens is 382 g/mol. The van der Waals surface area contributed by atoms with E-state index in [9.17, 15) is 13.6 Å². The fourth-order valence-corrected chi connectivity index (χ4v) is 3.57. The van der Waals surface area contributed by atoms with Crippen LogP contribution in [-0.4, -0.2) is 49.0 Å². The van der Waals surface area contributed by atoms with Gasteiger partial charge in [0.1, 0.15) is 0 Å². The highest BCUT2D eigenvalue weighted by atomic mass is 19.2. The summed E-state index contributed by atoms with van der Waals surface area (Å²) in [6.45, 7) is 0.947. The van der Waals surface area contributed by atoms with E-state index in [2.05, 4.69) is 20.5 Å². The Bertz CT molecular complexity index is 1060. The lowest BCUT2D eigenvalue weighted by Gasteiger charge is -2.32. The number of likely N-dealkylation sites (tertiary alicyclic amines) is 1.